The van der Waals surface area contributed by atoms with Crippen molar-refractivity contribution < 1.29 is 9.59 Å². The number of rotatable bonds is 5. The third kappa shape index (κ3) is 5.80. The van der Waals surface area contributed by atoms with Crippen LogP contribution in [-0.4, -0.2) is 65.3 Å². The molecule has 0 N–H and O–H groups in total. The highest BCUT2D eigenvalue weighted by atomic mass is 16.2. The van der Waals surface area contributed by atoms with Crippen LogP contribution in [0.2, 0.25) is 0 Å². The van der Waals surface area contributed by atoms with E-state index in [-0.39, 0.29) is 24.4 Å². The van der Waals surface area contributed by atoms with E-state index in [1.165, 1.54) is 31.2 Å². The Kier molecular flexibility index (Phi) is 7.27. The van der Waals surface area contributed by atoms with E-state index in [1.54, 1.807) is 6.92 Å². The van der Waals surface area contributed by atoms with E-state index in [0.717, 1.165) is 45.6 Å². The number of benzene rings is 1. The smallest absolute Gasteiger partial charge is 0.242 e. The topological polar surface area (TPSA) is 43.9 Å². The quantitative estimate of drug-likeness (QED) is 0.748. The van der Waals surface area contributed by atoms with Crippen LogP contribution in [0.3, 0.4) is 0 Å². The molecule has 2 amide bonds. The number of piperazine rings is 1. The monoisotopic (exact) mass is 371 g/mol. The molecule has 1 aliphatic carbocycles. The molecule has 0 unspecified atom stereocenters. The predicted molar refractivity (Wildman–Crippen MR) is 107 cm³/mol. The summed E-state index contributed by atoms with van der Waals surface area (Å²) >= 11 is 0. The van der Waals surface area contributed by atoms with E-state index in [4.69, 9.17) is 0 Å². The van der Waals surface area contributed by atoms with Crippen molar-refractivity contribution in [2.75, 3.05) is 32.7 Å². The highest BCUT2D eigenvalue weighted by Gasteiger charge is 2.28. The molecule has 0 radical (unpaired) electrons. The van der Waals surface area contributed by atoms with E-state index >= 15 is 0 Å². The molecule has 0 aromatic heterocycles. The fraction of sp³-hybridized carbons (Fsp3) is 0.636. The highest BCUT2D eigenvalue weighted by molar-refractivity contribution is 5.84. The molecule has 2 fully saturated rings. The maximum atomic E-state index is 12.8. The summed E-state index contributed by atoms with van der Waals surface area (Å²) < 4.78 is 0. The Morgan fingerprint density at radius 1 is 0.963 bits per heavy atom. The number of hydrogen-bond donors (Lipinski definition) is 0. The Hall–Kier alpha value is -1.88. The van der Waals surface area contributed by atoms with E-state index in [2.05, 4.69) is 29.2 Å². The van der Waals surface area contributed by atoms with Gasteiger partial charge in [0.15, 0.2) is 0 Å². The number of nitrogens with zero attached hydrogens (tertiary/aromatic N) is 3. The zero-order chi connectivity index (χ0) is 19.1. The zero-order valence-corrected chi connectivity index (χ0v) is 16.6. The Bertz CT molecular complexity index is 603. The van der Waals surface area contributed by atoms with Crippen molar-refractivity contribution in [1.29, 1.82) is 0 Å². The van der Waals surface area contributed by atoms with Crippen LogP contribution in [0.5, 0.6) is 0 Å². The van der Waals surface area contributed by atoms with Crippen molar-refractivity contribution in [2.24, 2.45) is 0 Å². The van der Waals surface area contributed by atoms with Crippen molar-refractivity contribution >= 4 is 11.8 Å². The lowest BCUT2D eigenvalue weighted by molar-refractivity contribution is -0.142. The van der Waals surface area contributed by atoms with Gasteiger partial charge in [-0.25, -0.2) is 0 Å². The van der Waals surface area contributed by atoms with E-state index in [0.29, 0.717) is 0 Å². The first kappa shape index (κ1) is 19.9. The van der Waals surface area contributed by atoms with Gasteiger partial charge < -0.3 is 9.80 Å². The molecule has 1 heterocycles. The maximum Gasteiger partial charge on any atom is 0.242 e. The van der Waals surface area contributed by atoms with Crippen molar-refractivity contribution in [3.8, 4) is 0 Å². The lowest BCUT2D eigenvalue weighted by Crippen LogP contribution is -2.52. The fourth-order valence-electron chi connectivity index (χ4n) is 4.31. The highest BCUT2D eigenvalue weighted by Crippen LogP contribution is 2.22. The summed E-state index contributed by atoms with van der Waals surface area (Å²) in [4.78, 5) is 31.2. The van der Waals surface area contributed by atoms with Gasteiger partial charge in [0.05, 0.1) is 6.54 Å². The van der Waals surface area contributed by atoms with Crippen LogP contribution in [0.15, 0.2) is 30.3 Å². The van der Waals surface area contributed by atoms with E-state index in [1.807, 2.05) is 15.9 Å². The molecule has 148 valence electrons. The predicted octanol–water partition coefficient (Wildman–Crippen LogP) is 2.90. The van der Waals surface area contributed by atoms with E-state index in [9.17, 15) is 9.59 Å². The van der Waals surface area contributed by atoms with Gasteiger partial charge in [-0.15, -0.1) is 0 Å². The van der Waals surface area contributed by atoms with Gasteiger partial charge in [-0.1, -0.05) is 56.0 Å². The Labute approximate surface area is 163 Å². The number of carbonyl (C=O) groups is 2. The van der Waals surface area contributed by atoms with Crippen molar-refractivity contribution in [3.63, 3.8) is 0 Å². The first-order valence-electron chi connectivity index (χ1n) is 10.4. The number of amides is 2. The summed E-state index contributed by atoms with van der Waals surface area (Å²) in [7, 11) is 0. The summed E-state index contributed by atoms with van der Waals surface area (Å²) in [5.74, 6) is 0.145. The molecule has 3 rings (SSSR count). The number of hydrogen-bond acceptors (Lipinski definition) is 3. The molecular weight excluding hydrogens is 338 g/mol. The Balaban J connectivity index is 1.49. The largest absolute Gasteiger partial charge is 0.339 e. The molecule has 1 aliphatic heterocycles. The second-order valence-electron chi connectivity index (χ2n) is 7.93. The molecule has 5 nitrogen and oxygen atoms in total. The van der Waals surface area contributed by atoms with Crippen LogP contribution in [0.1, 0.15) is 51.0 Å². The number of carbonyl (C=O) groups excluding carboxylic acids is 2. The molecular formula is C22H33N3O2. The maximum absolute atomic E-state index is 12.8. The van der Waals surface area contributed by atoms with Gasteiger partial charge in [0, 0.05) is 45.7 Å². The van der Waals surface area contributed by atoms with Gasteiger partial charge in [-0.2, -0.15) is 0 Å². The fourth-order valence-corrected chi connectivity index (χ4v) is 4.31. The lowest BCUT2D eigenvalue weighted by atomic mass is 10.1. The van der Waals surface area contributed by atoms with Crippen molar-refractivity contribution in [1.82, 2.24) is 14.7 Å². The van der Waals surface area contributed by atoms with Gasteiger partial charge in [0.2, 0.25) is 11.8 Å². The van der Waals surface area contributed by atoms with Gasteiger partial charge in [0.25, 0.3) is 0 Å². The van der Waals surface area contributed by atoms with Crippen LogP contribution in [0, 0.1) is 0 Å². The van der Waals surface area contributed by atoms with Crippen LogP contribution < -0.4 is 0 Å². The van der Waals surface area contributed by atoms with Gasteiger partial charge in [-0.05, 0) is 18.4 Å². The molecule has 1 aromatic rings. The second-order valence-corrected chi connectivity index (χ2v) is 7.93. The average Bonchev–Trinajstić information content (AvgIpc) is 2.96. The molecule has 0 bridgehead atoms. The van der Waals surface area contributed by atoms with Crippen molar-refractivity contribution in [2.45, 2.75) is 58.0 Å². The molecule has 0 atom stereocenters. The zero-order valence-electron chi connectivity index (χ0n) is 16.6. The van der Waals surface area contributed by atoms with Gasteiger partial charge >= 0.3 is 0 Å². The summed E-state index contributed by atoms with van der Waals surface area (Å²) in [6.07, 6.45) is 6.91. The van der Waals surface area contributed by atoms with Crippen LogP contribution in [0.25, 0.3) is 0 Å². The minimum Gasteiger partial charge on any atom is -0.339 e. The van der Waals surface area contributed by atoms with Crippen LogP contribution in [-0.2, 0) is 16.1 Å². The molecule has 2 aliphatic rings. The molecule has 1 aromatic carbocycles. The van der Waals surface area contributed by atoms with Crippen LogP contribution >= 0.6 is 0 Å². The molecule has 1 saturated carbocycles. The van der Waals surface area contributed by atoms with Gasteiger partial charge in [0.1, 0.15) is 0 Å². The molecule has 27 heavy (non-hydrogen) atoms. The average molecular weight is 372 g/mol. The lowest BCUT2D eigenvalue weighted by Gasteiger charge is -2.37. The first-order chi connectivity index (χ1) is 13.1. The third-order valence-electron chi connectivity index (χ3n) is 5.95. The summed E-state index contributed by atoms with van der Waals surface area (Å²) in [6.45, 7) is 6.08. The summed E-state index contributed by atoms with van der Waals surface area (Å²) in [5, 5.41) is 0. The SMILES string of the molecule is CC(=O)N(CC(=O)N1CCN(Cc2ccccc2)CC1)C1CCCCCC1. The summed E-state index contributed by atoms with van der Waals surface area (Å²) in [6, 6.07) is 10.7. The molecule has 5 heteroatoms. The first-order valence-corrected chi connectivity index (χ1v) is 10.4. The summed E-state index contributed by atoms with van der Waals surface area (Å²) in [5.41, 5.74) is 1.31. The van der Waals surface area contributed by atoms with Gasteiger partial charge in [-0.3, -0.25) is 14.5 Å². The van der Waals surface area contributed by atoms with E-state index < -0.39 is 0 Å². The Morgan fingerprint density at radius 2 is 1.59 bits per heavy atom. The molecule has 1 saturated heterocycles. The minimum atomic E-state index is 0.0398. The Morgan fingerprint density at radius 3 is 2.19 bits per heavy atom. The normalized spacial score (nSPS) is 19.5. The van der Waals surface area contributed by atoms with Crippen LogP contribution in [0.4, 0.5) is 0 Å². The van der Waals surface area contributed by atoms with Crippen molar-refractivity contribution in [3.05, 3.63) is 35.9 Å². The molecule has 0 spiro atoms. The second kappa shape index (κ2) is 9.88. The minimum absolute atomic E-state index is 0.0398. The third-order valence-corrected chi connectivity index (χ3v) is 5.95. The standard InChI is InChI=1S/C22H33N3O2/c1-19(26)25(21-11-7-2-3-8-12-21)18-22(27)24-15-13-23(14-16-24)17-20-9-5-4-6-10-20/h4-6,9-10,21H,2-3,7-8,11-18H2,1H3.